The number of nitrogens with one attached hydrogen (secondary N) is 1. The molecular formula is C32H27F10N5O7. The van der Waals surface area contributed by atoms with Crippen molar-refractivity contribution >= 4 is 29.5 Å². The van der Waals surface area contributed by atoms with E-state index in [2.05, 4.69) is 25.0 Å². The third-order valence-electron chi connectivity index (χ3n) is 6.60. The van der Waals surface area contributed by atoms with Crippen molar-refractivity contribution in [3.63, 3.8) is 0 Å². The van der Waals surface area contributed by atoms with Gasteiger partial charge in [0.15, 0.2) is 5.84 Å². The summed E-state index contributed by atoms with van der Waals surface area (Å²) in [6, 6.07) is 5.04. The number of hydrogen-bond donors (Lipinski definition) is 3. The van der Waals surface area contributed by atoms with Crippen LogP contribution in [0.15, 0.2) is 34.5 Å². The van der Waals surface area contributed by atoms with Crippen LogP contribution in [-0.4, -0.2) is 62.0 Å². The lowest BCUT2D eigenvalue weighted by Crippen LogP contribution is -2.42. The maximum Gasteiger partial charge on any atom is 0.313 e. The average Bonchev–Trinajstić information content (AvgIpc) is 3.14. The summed E-state index contributed by atoms with van der Waals surface area (Å²) in [4.78, 5) is 36.9. The Balaban J connectivity index is 1.61. The number of carbonyl (C=O) groups excluding carboxylic acids is 3. The Morgan fingerprint density at radius 2 is 1.02 bits per heavy atom. The number of nitrogens with two attached hydrogens (primary N) is 2. The van der Waals surface area contributed by atoms with Crippen molar-refractivity contribution in [2.24, 2.45) is 21.7 Å². The molecule has 1 amide bonds. The van der Waals surface area contributed by atoms with Gasteiger partial charge in [-0.2, -0.15) is 17.6 Å². The molecule has 0 aliphatic carbocycles. The Morgan fingerprint density at radius 3 is 1.41 bits per heavy atom. The fourth-order valence-corrected chi connectivity index (χ4v) is 4.02. The largest absolute Gasteiger partial charge is 0.420 e. The quantitative estimate of drug-likeness (QED) is 0.0209. The van der Waals surface area contributed by atoms with Crippen molar-refractivity contribution in [2.45, 2.75) is 32.2 Å². The fourth-order valence-electron chi connectivity index (χ4n) is 4.02. The maximum absolute atomic E-state index is 13.8. The van der Waals surface area contributed by atoms with Gasteiger partial charge < -0.3 is 35.7 Å². The van der Waals surface area contributed by atoms with E-state index < -0.39 is 133 Å². The number of ether oxygens (including phenoxy) is 4. The molecule has 3 aromatic carbocycles. The van der Waals surface area contributed by atoms with E-state index in [0.717, 1.165) is 0 Å². The number of carbonyl (C=O) groups is 3. The lowest BCUT2D eigenvalue weighted by molar-refractivity contribution is -0.136. The zero-order valence-electron chi connectivity index (χ0n) is 27.5. The minimum Gasteiger partial charge on any atom is -0.420 e. The topological polar surface area (TPSA) is 177 Å². The fraction of sp³-hybridized carbons (Fsp3) is 0.281. The molecule has 0 saturated carbocycles. The summed E-state index contributed by atoms with van der Waals surface area (Å²) in [6.45, 7) is -0.628. The highest BCUT2D eigenvalue weighted by Crippen LogP contribution is 2.30. The molecule has 3 aromatic rings. The van der Waals surface area contributed by atoms with Gasteiger partial charge in [0.2, 0.25) is 75.6 Å². The highest BCUT2D eigenvalue weighted by Gasteiger charge is 2.30. The molecule has 0 aromatic heterocycles. The van der Waals surface area contributed by atoms with Gasteiger partial charge in [-0.3, -0.25) is 14.4 Å². The summed E-state index contributed by atoms with van der Waals surface area (Å²) in [5, 5.41) is 9.88. The summed E-state index contributed by atoms with van der Waals surface area (Å²) in [5.41, 5.74) is 12.1. The van der Waals surface area contributed by atoms with Crippen LogP contribution in [-0.2, 0) is 30.3 Å². The molecule has 0 fully saturated rings. The third-order valence-corrected chi connectivity index (χ3v) is 6.60. The van der Waals surface area contributed by atoms with Gasteiger partial charge in [0, 0.05) is 5.56 Å². The van der Waals surface area contributed by atoms with Crippen LogP contribution in [0.5, 0.6) is 11.5 Å². The molecule has 0 aliphatic heterocycles. The highest BCUT2D eigenvalue weighted by molar-refractivity contribution is 5.98. The molecule has 0 bridgehead atoms. The number of halogens is 10. The van der Waals surface area contributed by atoms with Crippen molar-refractivity contribution in [3.8, 4) is 11.5 Å². The summed E-state index contributed by atoms with van der Waals surface area (Å²) in [7, 11) is 0. The molecule has 54 heavy (non-hydrogen) atoms. The molecule has 22 heteroatoms. The number of benzene rings is 3. The predicted octanol–water partition coefficient (Wildman–Crippen LogP) is 4.13. The van der Waals surface area contributed by atoms with E-state index in [1.165, 1.54) is 31.2 Å². The molecule has 0 radical (unpaired) electrons. The van der Waals surface area contributed by atoms with E-state index in [9.17, 15) is 58.3 Å². The van der Waals surface area contributed by atoms with E-state index in [1.54, 1.807) is 0 Å². The first-order valence-corrected chi connectivity index (χ1v) is 15.0. The third kappa shape index (κ3) is 11.4. The van der Waals surface area contributed by atoms with Crippen molar-refractivity contribution in [2.75, 3.05) is 26.4 Å². The molecule has 3 rings (SSSR count). The monoisotopic (exact) mass is 783 g/mol. The summed E-state index contributed by atoms with van der Waals surface area (Å²) < 4.78 is 154. The Bertz CT molecular complexity index is 1790. The Labute approximate surface area is 297 Å². The van der Waals surface area contributed by atoms with Crippen LogP contribution >= 0.6 is 0 Å². The van der Waals surface area contributed by atoms with E-state index in [0.29, 0.717) is 11.1 Å². The molecule has 292 valence electrons. The van der Waals surface area contributed by atoms with E-state index in [4.69, 9.17) is 20.9 Å². The maximum atomic E-state index is 13.8. The molecule has 0 heterocycles. The van der Waals surface area contributed by atoms with Gasteiger partial charge in [-0.15, -0.1) is 10.2 Å². The molecule has 0 spiro atoms. The summed E-state index contributed by atoms with van der Waals surface area (Å²) in [5.74, 6) is -31.0. The van der Waals surface area contributed by atoms with Gasteiger partial charge in [-0.05, 0) is 12.5 Å². The molecule has 0 atom stereocenters. The van der Waals surface area contributed by atoms with Gasteiger partial charge >= 0.3 is 11.9 Å². The molecule has 0 saturated heterocycles. The van der Waals surface area contributed by atoms with Crippen LogP contribution in [0.2, 0.25) is 0 Å². The number of amidine groups is 2. The van der Waals surface area contributed by atoms with Gasteiger partial charge in [0.25, 0.3) is 0 Å². The van der Waals surface area contributed by atoms with E-state index in [1.807, 2.05) is 0 Å². The number of hydrogen-bond acceptors (Lipinski definition) is 9. The molecule has 0 aliphatic rings. The van der Waals surface area contributed by atoms with Crippen molar-refractivity contribution in [3.05, 3.63) is 93.6 Å². The van der Waals surface area contributed by atoms with Gasteiger partial charge in [-0.25, -0.2) is 26.3 Å². The van der Waals surface area contributed by atoms with Crippen LogP contribution < -0.4 is 26.3 Å². The van der Waals surface area contributed by atoms with E-state index >= 15 is 0 Å². The Morgan fingerprint density at radius 1 is 0.630 bits per heavy atom. The SMILES string of the molecule is C/C(N)=N/N=C(\N)c1ccc(CC(=O)NC(COCCC(=O)Oc2c(F)c(F)c(F)c(F)c2F)COCCC(=O)Oc2c(F)c(F)c(F)c(F)c2F)cc1. The van der Waals surface area contributed by atoms with Crippen LogP contribution in [0, 0.1) is 58.2 Å². The smallest absolute Gasteiger partial charge is 0.313 e. The molecular weight excluding hydrogens is 756 g/mol. The first-order valence-electron chi connectivity index (χ1n) is 15.0. The minimum absolute atomic E-state index is 0.0254. The van der Waals surface area contributed by atoms with Gasteiger partial charge in [0.05, 0.1) is 51.7 Å². The number of esters is 2. The normalized spacial score (nSPS) is 11.9. The lowest BCUT2D eigenvalue weighted by Gasteiger charge is -2.19. The predicted molar refractivity (Wildman–Crippen MR) is 165 cm³/mol. The highest BCUT2D eigenvalue weighted by atomic mass is 19.2. The van der Waals surface area contributed by atoms with Crippen molar-refractivity contribution < 1.29 is 77.2 Å². The second-order valence-electron chi connectivity index (χ2n) is 10.8. The second-order valence-corrected chi connectivity index (χ2v) is 10.8. The first-order chi connectivity index (χ1) is 25.4. The van der Waals surface area contributed by atoms with Crippen molar-refractivity contribution in [1.82, 2.24) is 5.32 Å². The minimum atomic E-state index is -2.47. The summed E-state index contributed by atoms with van der Waals surface area (Å²) in [6.07, 6.45) is -1.82. The first kappa shape index (κ1) is 42.6. The van der Waals surface area contributed by atoms with Gasteiger partial charge in [0.1, 0.15) is 5.84 Å². The molecule has 12 nitrogen and oxygen atoms in total. The van der Waals surface area contributed by atoms with Crippen LogP contribution in [0.25, 0.3) is 0 Å². The van der Waals surface area contributed by atoms with E-state index in [-0.39, 0.29) is 18.1 Å². The average molecular weight is 784 g/mol. The lowest BCUT2D eigenvalue weighted by atomic mass is 10.1. The summed E-state index contributed by atoms with van der Waals surface area (Å²) >= 11 is 0. The van der Waals surface area contributed by atoms with Gasteiger partial charge in [-0.1, -0.05) is 24.3 Å². The Hall–Kier alpha value is -5.77. The Kier molecular flexibility index (Phi) is 15.3. The standard InChI is InChI=1S/C32H27F10N5O7/c1-13(43)46-47-32(44)15-4-2-14(3-5-15)10-17(48)45-16(11-51-8-6-18(49)53-30-26(39)22(35)20(33)23(36)27(30)40)12-52-9-7-19(50)54-31-28(41)24(37)21(34)25(38)29(31)42/h2-5,16H,6-12H2,1H3,(H2,43,46)(H2,44,47)(H,45,48). The van der Waals surface area contributed by atoms with Crippen LogP contribution in [0.4, 0.5) is 43.9 Å². The van der Waals surface area contributed by atoms with Crippen molar-refractivity contribution in [1.29, 1.82) is 0 Å². The van der Waals surface area contributed by atoms with Crippen LogP contribution in [0.3, 0.4) is 0 Å². The number of nitrogens with zero attached hydrogens (tertiary/aromatic N) is 2. The number of rotatable bonds is 17. The number of amides is 1. The molecule has 5 N–H and O–H groups in total. The zero-order chi connectivity index (χ0) is 40.3. The zero-order valence-corrected chi connectivity index (χ0v) is 27.5. The second kappa shape index (κ2) is 19.3. The van der Waals surface area contributed by atoms with Crippen LogP contribution in [0.1, 0.15) is 30.9 Å². The molecule has 0 unspecified atom stereocenters.